The predicted octanol–water partition coefficient (Wildman–Crippen LogP) is 3.41. The molecule has 0 saturated heterocycles. The lowest BCUT2D eigenvalue weighted by molar-refractivity contribution is 0.376. The minimum atomic E-state index is 0.356. The molecule has 0 atom stereocenters. The van der Waals surface area contributed by atoms with Gasteiger partial charge < -0.3 is 19.9 Å². The fourth-order valence-corrected chi connectivity index (χ4v) is 2.52. The Morgan fingerprint density at radius 1 is 1.27 bits per heavy atom. The molecule has 0 aliphatic heterocycles. The topological polar surface area (TPSA) is 71.7 Å². The van der Waals surface area contributed by atoms with Gasteiger partial charge in [-0.15, -0.1) is 0 Å². The Bertz CT molecular complexity index is 722. The van der Waals surface area contributed by atoms with E-state index in [2.05, 4.69) is 52.8 Å². The van der Waals surface area contributed by atoms with Crippen molar-refractivity contribution >= 4 is 5.96 Å². The first-order valence-electron chi connectivity index (χ1n) is 9.14. The average Bonchev–Trinajstić information content (AvgIpc) is 3.10. The Hall–Kier alpha value is -2.50. The number of hydrogen-bond donors (Lipinski definition) is 2. The van der Waals surface area contributed by atoms with Gasteiger partial charge >= 0.3 is 0 Å². The Balaban J connectivity index is 1.90. The van der Waals surface area contributed by atoms with Crippen LogP contribution in [0.4, 0.5) is 0 Å². The van der Waals surface area contributed by atoms with E-state index in [9.17, 15) is 0 Å². The molecule has 0 amide bonds. The highest BCUT2D eigenvalue weighted by Gasteiger charge is 2.07. The van der Waals surface area contributed by atoms with E-state index in [0.29, 0.717) is 12.5 Å². The largest absolute Gasteiger partial charge is 0.496 e. The molecule has 0 spiro atoms. The summed E-state index contributed by atoms with van der Waals surface area (Å²) in [6.45, 7) is 10.3. The lowest BCUT2D eigenvalue weighted by Gasteiger charge is -2.12. The van der Waals surface area contributed by atoms with E-state index in [-0.39, 0.29) is 0 Å². The number of rotatable bonds is 8. The van der Waals surface area contributed by atoms with Gasteiger partial charge in [-0.3, -0.25) is 0 Å². The quantitative estimate of drug-likeness (QED) is 0.559. The minimum absolute atomic E-state index is 0.356. The van der Waals surface area contributed by atoms with E-state index < -0.39 is 0 Å². The Kier molecular flexibility index (Phi) is 7.51. The molecule has 1 heterocycles. The number of nitrogens with one attached hydrogen (secondary N) is 2. The number of hydrogen-bond acceptors (Lipinski definition) is 4. The molecular weight excluding hydrogens is 328 g/mol. The molecule has 0 fully saturated rings. The number of benzene rings is 1. The van der Waals surface area contributed by atoms with Crippen LogP contribution in [0.3, 0.4) is 0 Å². The van der Waals surface area contributed by atoms with E-state index in [1.54, 1.807) is 7.11 Å². The molecule has 6 nitrogen and oxygen atoms in total. The van der Waals surface area contributed by atoms with Crippen molar-refractivity contribution < 1.29 is 9.26 Å². The van der Waals surface area contributed by atoms with Crippen LogP contribution in [0, 0.1) is 6.92 Å². The molecule has 0 saturated carbocycles. The van der Waals surface area contributed by atoms with Gasteiger partial charge in [-0.05, 0) is 43.4 Å². The second-order valence-corrected chi connectivity index (χ2v) is 6.55. The van der Waals surface area contributed by atoms with Crippen molar-refractivity contribution in [3.8, 4) is 5.75 Å². The molecule has 26 heavy (non-hydrogen) atoms. The lowest BCUT2D eigenvalue weighted by atomic mass is 10.1. The van der Waals surface area contributed by atoms with E-state index in [1.165, 1.54) is 5.56 Å². The van der Waals surface area contributed by atoms with Crippen LogP contribution in [-0.2, 0) is 13.0 Å². The second kappa shape index (κ2) is 9.85. The smallest absolute Gasteiger partial charge is 0.191 e. The molecule has 2 rings (SSSR count). The molecule has 0 aliphatic carbocycles. The van der Waals surface area contributed by atoms with Gasteiger partial charge in [0.05, 0.1) is 12.8 Å². The standard InChI is InChI=1S/C20H30N4O2/c1-6-21-20(23-13-17-12-18(14(2)3)24-26-17)22-10-9-16-8-7-15(4)19(11-16)25-5/h7-8,11-12,14H,6,9-10,13H2,1-5H3,(H2,21,22,23). The van der Waals surface area contributed by atoms with Crippen LogP contribution in [0.2, 0.25) is 0 Å². The van der Waals surface area contributed by atoms with Gasteiger partial charge in [0.2, 0.25) is 0 Å². The highest BCUT2D eigenvalue weighted by molar-refractivity contribution is 5.79. The maximum Gasteiger partial charge on any atom is 0.191 e. The summed E-state index contributed by atoms with van der Waals surface area (Å²) >= 11 is 0. The maximum absolute atomic E-state index is 5.39. The summed E-state index contributed by atoms with van der Waals surface area (Å²) in [5, 5.41) is 10.7. The molecule has 6 heteroatoms. The minimum Gasteiger partial charge on any atom is -0.496 e. The van der Waals surface area contributed by atoms with Crippen LogP contribution < -0.4 is 15.4 Å². The van der Waals surface area contributed by atoms with Crippen LogP contribution in [0.15, 0.2) is 33.8 Å². The summed E-state index contributed by atoms with van der Waals surface area (Å²) in [6, 6.07) is 8.27. The van der Waals surface area contributed by atoms with E-state index in [0.717, 1.165) is 48.2 Å². The third-order valence-corrected chi connectivity index (χ3v) is 4.08. The van der Waals surface area contributed by atoms with E-state index in [4.69, 9.17) is 9.26 Å². The van der Waals surface area contributed by atoms with E-state index in [1.807, 2.05) is 19.9 Å². The molecular formula is C20H30N4O2. The second-order valence-electron chi connectivity index (χ2n) is 6.55. The first kappa shape index (κ1) is 19.8. The van der Waals surface area contributed by atoms with Gasteiger partial charge in [0.25, 0.3) is 0 Å². The third kappa shape index (κ3) is 5.79. The number of methoxy groups -OCH3 is 1. The zero-order valence-corrected chi connectivity index (χ0v) is 16.4. The van der Waals surface area contributed by atoms with Crippen molar-refractivity contribution in [3.05, 3.63) is 46.8 Å². The molecule has 0 bridgehead atoms. The van der Waals surface area contributed by atoms with Gasteiger partial charge in [-0.25, -0.2) is 4.99 Å². The van der Waals surface area contributed by atoms with Gasteiger partial charge in [0, 0.05) is 19.2 Å². The summed E-state index contributed by atoms with van der Waals surface area (Å²) in [5.41, 5.74) is 3.33. The van der Waals surface area contributed by atoms with Crippen molar-refractivity contribution in [1.29, 1.82) is 0 Å². The van der Waals surface area contributed by atoms with Crippen LogP contribution in [0.5, 0.6) is 5.75 Å². The zero-order chi connectivity index (χ0) is 18.9. The van der Waals surface area contributed by atoms with Gasteiger partial charge in [0.15, 0.2) is 11.7 Å². The fraction of sp³-hybridized carbons (Fsp3) is 0.500. The summed E-state index contributed by atoms with van der Waals surface area (Å²) in [7, 11) is 1.70. The fourth-order valence-electron chi connectivity index (χ4n) is 2.52. The van der Waals surface area contributed by atoms with Crippen molar-refractivity contribution in [3.63, 3.8) is 0 Å². The van der Waals surface area contributed by atoms with Crippen LogP contribution in [0.25, 0.3) is 0 Å². The highest BCUT2D eigenvalue weighted by Crippen LogP contribution is 2.19. The summed E-state index contributed by atoms with van der Waals surface area (Å²) in [5.74, 6) is 2.83. The van der Waals surface area contributed by atoms with Crippen molar-refractivity contribution in [1.82, 2.24) is 15.8 Å². The molecule has 2 N–H and O–H groups in total. The van der Waals surface area contributed by atoms with Crippen molar-refractivity contribution in [2.45, 2.75) is 46.6 Å². The Labute approximate surface area is 156 Å². The predicted molar refractivity (Wildman–Crippen MR) is 105 cm³/mol. The average molecular weight is 358 g/mol. The third-order valence-electron chi connectivity index (χ3n) is 4.08. The van der Waals surface area contributed by atoms with Crippen LogP contribution in [-0.4, -0.2) is 31.3 Å². The first-order chi connectivity index (χ1) is 12.5. The molecule has 142 valence electrons. The number of aliphatic imine (C=N–C) groups is 1. The van der Waals surface area contributed by atoms with Gasteiger partial charge in [-0.1, -0.05) is 31.1 Å². The number of ether oxygens (including phenoxy) is 1. The molecule has 1 aromatic heterocycles. The van der Waals surface area contributed by atoms with Crippen LogP contribution in [0.1, 0.15) is 49.3 Å². The molecule has 0 radical (unpaired) electrons. The van der Waals surface area contributed by atoms with Gasteiger partial charge in [-0.2, -0.15) is 0 Å². The first-order valence-corrected chi connectivity index (χ1v) is 9.14. The van der Waals surface area contributed by atoms with E-state index >= 15 is 0 Å². The summed E-state index contributed by atoms with van der Waals surface area (Å²) in [4.78, 5) is 4.57. The molecule has 2 aromatic rings. The Morgan fingerprint density at radius 3 is 2.73 bits per heavy atom. The molecule has 0 unspecified atom stereocenters. The van der Waals surface area contributed by atoms with Crippen molar-refractivity contribution in [2.24, 2.45) is 4.99 Å². The SMILES string of the molecule is CCNC(=NCc1cc(C(C)C)no1)NCCc1ccc(C)c(OC)c1. The van der Waals surface area contributed by atoms with Crippen molar-refractivity contribution in [2.75, 3.05) is 20.2 Å². The maximum atomic E-state index is 5.39. The number of guanidine groups is 1. The number of aryl methyl sites for hydroxylation is 1. The molecule has 0 aliphatic rings. The lowest BCUT2D eigenvalue weighted by Crippen LogP contribution is -2.38. The molecule has 1 aromatic carbocycles. The zero-order valence-electron chi connectivity index (χ0n) is 16.4. The Morgan fingerprint density at radius 2 is 2.08 bits per heavy atom. The normalized spacial score (nSPS) is 11.7. The highest BCUT2D eigenvalue weighted by atomic mass is 16.5. The van der Waals surface area contributed by atoms with Gasteiger partial charge in [0.1, 0.15) is 12.3 Å². The monoisotopic (exact) mass is 358 g/mol. The number of aromatic nitrogens is 1. The number of nitrogens with zero attached hydrogens (tertiary/aromatic N) is 2. The summed E-state index contributed by atoms with van der Waals surface area (Å²) < 4.78 is 10.7. The van der Waals surface area contributed by atoms with Crippen LogP contribution >= 0.6 is 0 Å². The summed E-state index contributed by atoms with van der Waals surface area (Å²) in [6.07, 6.45) is 0.890.